The van der Waals surface area contributed by atoms with Crippen molar-refractivity contribution >= 4 is 22.6 Å². The van der Waals surface area contributed by atoms with E-state index in [0.717, 1.165) is 28.3 Å². The molecule has 1 aromatic heterocycles. The number of carbonyl (C=O) groups excluding carboxylic acids is 2. The summed E-state index contributed by atoms with van der Waals surface area (Å²) in [4.78, 5) is 33.0. The lowest BCUT2D eigenvalue weighted by atomic mass is 10.0. The van der Waals surface area contributed by atoms with Gasteiger partial charge in [-0.25, -0.2) is 0 Å². The molecular formula is C24H23N3O3. The van der Waals surface area contributed by atoms with E-state index in [1.165, 1.54) is 0 Å². The average Bonchev–Trinajstić information content (AvgIpc) is 2.77. The SMILES string of the molecule is O=C(c1ccc(-c2ccc3cnccc3c2)cc1)N1CCN(C(=O)C2CCO2)CC1. The summed E-state index contributed by atoms with van der Waals surface area (Å²) in [5.74, 6) is 0.0713. The van der Waals surface area contributed by atoms with E-state index >= 15 is 0 Å². The molecule has 1 unspecified atom stereocenters. The van der Waals surface area contributed by atoms with Gasteiger partial charge in [0.25, 0.3) is 11.8 Å². The lowest BCUT2D eigenvalue weighted by molar-refractivity contribution is -0.157. The van der Waals surface area contributed by atoms with Crippen LogP contribution in [0.15, 0.2) is 60.9 Å². The van der Waals surface area contributed by atoms with Crippen molar-refractivity contribution in [2.24, 2.45) is 0 Å². The maximum absolute atomic E-state index is 12.9. The molecule has 0 N–H and O–H groups in total. The van der Waals surface area contributed by atoms with Crippen LogP contribution in [0.4, 0.5) is 0 Å². The van der Waals surface area contributed by atoms with Crippen molar-refractivity contribution in [3.63, 3.8) is 0 Å². The van der Waals surface area contributed by atoms with Gasteiger partial charge in [0.1, 0.15) is 6.10 Å². The Hall–Kier alpha value is -3.25. The maximum atomic E-state index is 12.9. The van der Waals surface area contributed by atoms with Crippen LogP contribution in [0.5, 0.6) is 0 Å². The van der Waals surface area contributed by atoms with Gasteiger partial charge in [0.2, 0.25) is 0 Å². The Bertz CT molecular complexity index is 1080. The van der Waals surface area contributed by atoms with Gasteiger partial charge in [0, 0.05) is 55.9 Å². The van der Waals surface area contributed by atoms with Crippen molar-refractivity contribution in [3.8, 4) is 11.1 Å². The Morgan fingerprint density at radius 3 is 2.27 bits per heavy atom. The molecule has 0 bridgehead atoms. The third-order valence-corrected chi connectivity index (χ3v) is 5.96. The highest BCUT2D eigenvalue weighted by Gasteiger charge is 2.33. The lowest BCUT2D eigenvalue weighted by Gasteiger charge is -2.38. The van der Waals surface area contributed by atoms with E-state index in [9.17, 15) is 9.59 Å². The van der Waals surface area contributed by atoms with Crippen LogP contribution in [-0.4, -0.2) is 65.5 Å². The number of ether oxygens (including phenoxy) is 1. The minimum absolute atomic E-state index is 0.0122. The van der Waals surface area contributed by atoms with Crippen molar-refractivity contribution in [2.45, 2.75) is 12.5 Å². The van der Waals surface area contributed by atoms with Crippen molar-refractivity contribution < 1.29 is 14.3 Å². The number of aromatic nitrogens is 1. The number of nitrogens with zero attached hydrogens (tertiary/aromatic N) is 3. The van der Waals surface area contributed by atoms with Crippen LogP contribution in [0.3, 0.4) is 0 Å². The second-order valence-corrected chi connectivity index (χ2v) is 7.78. The zero-order chi connectivity index (χ0) is 20.5. The van der Waals surface area contributed by atoms with Crippen LogP contribution in [0.1, 0.15) is 16.8 Å². The molecule has 2 amide bonds. The van der Waals surface area contributed by atoms with Gasteiger partial charge in [-0.2, -0.15) is 0 Å². The standard InChI is InChI=1S/C24H23N3O3/c28-23(26-10-12-27(13-11-26)24(29)22-8-14-30-22)18-3-1-17(2-4-18)19-5-6-21-16-25-9-7-20(21)15-19/h1-7,9,15-16,22H,8,10-14H2. The van der Waals surface area contributed by atoms with Crippen molar-refractivity contribution in [1.29, 1.82) is 0 Å². The third-order valence-electron chi connectivity index (χ3n) is 5.96. The number of rotatable bonds is 3. The van der Waals surface area contributed by atoms with E-state index in [4.69, 9.17) is 4.74 Å². The van der Waals surface area contributed by atoms with Crippen LogP contribution in [0, 0.1) is 0 Å². The van der Waals surface area contributed by atoms with Gasteiger partial charge < -0.3 is 14.5 Å². The topological polar surface area (TPSA) is 62.7 Å². The number of amides is 2. The summed E-state index contributed by atoms with van der Waals surface area (Å²) in [6, 6.07) is 16.0. The average molecular weight is 401 g/mol. The Kier molecular flexibility index (Phi) is 4.93. The van der Waals surface area contributed by atoms with Gasteiger partial charge in [-0.05, 0) is 40.8 Å². The largest absolute Gasteiger partial charge is 0.368 e. The van der Waals surface area contributed by atoms with Gasteiger partial charge in [-0.1, -0.05) is 24.3 Å². The molecule has 0 spiro atoms. The number of pyridine rings is 1. The third kappa shape index (κ3) is 3.55. The van der Waals surface area contributed by atoms with Gasteiger partial charge in [0.05, 0.1) is 6.61 Å². The molecule has 0 radical (unpaired) electrons. The van der Waals surface area contributed by atoms with Crippen LogP contribution < -0.4 is 0 Å². The van der Waals surface area contributed by atoms with Crippen molar-refractivity contribution in [2.75, 3.05) is 32.8 Å². The number of hydrogen-bond donors (Lipinski definition) is 0. The zero-order valence-corrected chi connectivity index (χ0v) is 16.7. The van der Waals surface area contributed by atoms with E-state index in [0.29, 0.717) is 38.3 Å². The summed E-state index contributed by atoms with van der Waals surface area (Å²) in [5, 5.41) is 2.25. The first-order valence-corrected chi connectivity index (χ1v) is 10.3. The number of hydrogen-bond acceptors (Lipinski definition) is 4. The monoisotopic (exact) mass is 401 g/mol. The summed E-state index contributed by atoms with van der Waals surface area (Å²) in [5.41, 5.74) is 2.85. The summed E-state index contributed by atoms with van der Waals surface area (Å²) in [7, 11) is 0. The van der Waals surface area contributed by atoms with E-state index in [1.807, 2.05) is 46.3 Å². The highest BCUT2D eigenvalue weighted by atomic mass is 16.5. The predicted molar refractivity (Wildman–Crippen MR) is 114 cm³/mol. The van der Waals surface area contributed by atoms with E-state index in [2.05, 4.69) is 23.2 Å². The number of fused-ring (bicyclic) bond motifs is 1. The molecule has 5 rings (SSSR count). The zero-order valence-electron chi connectivity index (χ0n) is 16.7. The molecule has 30 heavy (non-hydrogen) atoms. The summed E-state index contributed by atoms with van der Waals surface area (Å²) in [6.45, 7) is 2.90. The molecule has 6 nitrogen and oxygen atoms in total. The fourth-order valence-electron chi connectivity index (χ4n) is 4.01. The molecular weight excluding hydrogens is 378 g/mol. The van der Waals surface area contributed by atoms with Gasteiger partial charge in [-0.15, -0.1) is 0 Å². The maximum Gasteiger partial charge on any atom is 0.253 e. The summed E-state index contributed by atoms with van der Waals surface area (Å²) < 4.78 is 5.29. The minimum atomic E-state index is -0.272. The first-order valence-electron chi connectivity index (χ1n) is 10.3. The molecule has 6 heteroatoms. The Balaban J connectivity index is 1.25. The highest BCUT2D eigenvalue weighted by molar-refractivity contribution is 5.95. The van der Waals surface area contributed by atoms with E-state index in [1.54, 1.807) is 6.20 Å². The summed E-state index contributed by atoms with van der Waals surface area (Å²) in [6.07, 6.45) is 4.18. The Morgan fingerprint density at radius 1 is 0.867 bits per heavy atom. The second-order valence-electron chi connectivity index (χ2n) is 7.78. The van der Waals surface area contributed by atoms with Gasteiger partial charge in [0.15, 0.2) is 0 Å². The molecule has 3 aromatic rings. The molecule has 1 atom stereocenters. The molecule has 2 saturated heterocycles. The van der Waals surface area contributed by atoms with Crippen molar-refractivity contribution in [1.82, 2.24) is 14.8 Å². The second kappa shape index (κ2) is 7.88. The molecule has 0 aliphatic carbocycles. The first-order chi connectivity index (χ1) is 14.7. The number of carbonyl (C=O) groups is 2. The molecule has 2 aliphatic rings. The normalized spacial score (nSPS) is 18.9. The van der Waals surface area contributed by atoms with Crippen LogP contribution in [-0.2, 0) is 9.53 Å². The first kappa shape index (κ1) is 18.8. The van der Waals surface area contributed by atoms with Crippen LogP contribution in [0.25, 0.3) is 21.9 Å². The van der Waals surface area contributed by atoms with E-state index < -0.39 is 0 Å². The smallest absolute Gasteiger partial charge is 0.253 e. The van der Waals surface area contributed by atoms with Gasteiger partial charge in [-0.3, -0.25) is 14.6 Å². The molecule has 3 heterocycles. The Morgan fingerprint density at radius 2 is 1.57 bits per heavy atom. The van der Waals surface area contributed by atoms with Gasteiger partial charge >= 0.3 is 0 Å². The quantitative estimate of drug-likeness (QED) is 0.677. The predicted octanol–water partition coefficient (Wildman–Crippen LogP) is 2.98. The fraction of sp³-hybridized carbons (Fsp3) is 0.292. The number of benzene rings is 2. The molecule has 2 fully saturated rings. The van der Waals surface area contributed by atoms with Crippen LogP contribution in [0.2, 0.25) is 0 Å². The van der Waals surface area contributed by atoms with Crippen molar-refractivity contribution in [3.05, 3.63) is 66.5 Å². The molecule has 0 saturated carbocycles. The summed E-state index contributed by atoms with van der Waals surface area (Å²) >= 11 is 0. The fourth-order valence-corrected chi connectivity index (χ4v) is 4.01. The van der Waals surface area contributed by atoms with E-state index in [-0.39, 0.29) is 17.9 Å². The molecule has 2 aromatic carbocycles. The minimum Gasteiger partial charge on any atom is -0.368 e. The molecule has 2 aliphatic heterocycles. The number of piperazine rings is 1. The van der Waals surface area contributed by atoms with Crippen LogP contribution >= 0.6 is 0 Å². The Labute approximate surface area is 175 Å². The molecule has 152 valence electrons. The lowest BCUT2D eigenvalue weighted by Crippen LogP contribution is -2.54. The highest BCUT2D eigenvalue weighted by Crippen LogP contribution is 2.25.